The van der Waals surface area contributed by atoms with Crippen molar-refractivity contribution in [3.63, 3.8) is 0 Å². The molecule has 8 heteroatoms. The molecule has 1 spiro atoms. The molecule has 2 aromatic rings. The maximum absolute atomic E-state index is 13.0. The fourth-order valence-electron chi connectivity index (χ4n) is 5.05. The molecule has 5 rings (SSSR count). The Hall–Kier alpha value is -1.09. The van der Waals surface area contributed by atoms with Crippen LogP contribution in [0, 0.1) is 5.92 Å². The van der Waals surface area contributed by atoms with Crippen LogP contribution in [-0.2, 0) is 28.1 Å². The first-order chi connectivity index (χ1) is 15.1. The summed E-state index contributed by atoms with van der Waals surface area (Å²) >= 11 is 7.44. The fraction of sp³-hybridized carbons (Fsp3) is 0.478. The first kappa shape index (κ1) is 21.7. The summed E-state index contributed by atoms with van der Waals surface area (Å²) in [7, 11) is 0. The Kier molecular flexibility index (Phi) is 6.34. The number of benzene rings is 1. The Morgan fingerprint density at radius 2 is 1.84 bits per heavy atom. The number of thiophene rings is 1. The number of carbonyl (C=O) groups excluding carboxylic acids is 2. The number of nitrogens with one attached hydrogen (secondary N) is 2. The average Bonchev–Trinajstić information content (AvgIpc) is 3.49. The van der Waals surface area contributed by atoms with Crippen molar-refractivity contribution >= 4 is 58.4 Å². The van der Waals surface area contributed by atoms with Crippen LogP contribution in [0.3, 0.4) is 0 Å². The highest BCUT2D eigenvalue weighted by Gasteiger charge is 2.45. The first-order valence-electron chi connectivity index (χ1n) is 10.7. The molecular weight excluding hydrogens is 465 g/mol. The molecule has 0 atom stereocenters. The second-order valence-corrected chi connectivity index (χ2v) is 13.5. The van der Waals surface area contributed by atoms with Gasteiger partial charge in [0.1, 0.15) is 0 Å². The van der Waals surface area contributed by atoms with Gasteiger partial charge in [0.15, 0.2) is 0 Å². The summed E-state index contributed by atoms with van der Waals surface area (Å²) in [6.45, 7) is 0. The molecule has 1 aromatic carbocycles. The quantitative estimate of drug-likeness (QED) is 0.466. The zero-order valence-electron chi connectivity index (χ0n) is 17.5. The van der Waals surface area contributed by atoms with Crippen molar-refractivity contribution in [1.29, 1.82) is 0 Å². The number of thioether (sulfide) groups is 3. The third-order valence-corrected chi connectivity index (χ3v) is 12.2. The zero-order valence-corrected chi connectivity index (χ0v) is 20.8. The minimum atomic E-state index is -0.172. The fourth-order valence-corrected chi connectivity index (χ4v) is 10.9. The number of carbonyl (C=O) groups is 2. The third kappa shape index (κ3) is 4.16. The van der Waals surface area contributed by atoms with Gasteiger partial charge in [-0.15, -0.1) is 46.6 Å². The Morgan fingerprint density at radius 3 is 2.52 bits per heavy atom. The topological polar surface area (TPSA) is 58.2 Å². The Balaban J connectivity index is 1.24. The van der Waals surface area contributed by atoms with E-state index in [9.17, 15) is 9.59 Å². The summed E-state index contributed by atoms with van der Waals surface area (Å²) in [5.41, 5.74) is 10.7. The number of amides is 2. The SMILES string of the molecule is CSc1sc(C(=O)NNC(=O)CC2Cc3ccccc3C2)c2c1C1(CCC2)SCCS1. The second-order valence-electron chi connectivity index (χ2n) is 8.33. The summed E-state index contributed by atoms with van der Waals surface area (Å²) in [6.07, 6.45) is 7.65. The Labute approximate surface area is 200 Å². The highest BCUT2D eigenvalue weighted by molar-refractivity contribution is 8.20. The lowest BCUT2D eigenvalue weighted by Gasteiger charge is -2.33. The predicted molar refractivity (Wildman–Crippen MR) is 133 cm³/mol. The molecule has 164 valence electrons. The van der Waals surface area contributed by atoms with E-state index >= 15 is 0 Å². The van der Waals surface area contributed by atoms with Crippen LogP contribution in [0.4, 0.5) is 0 Å². The number of hydrogen-bond donors (Lipinski definition) is 2. The number of hydrogen-bond acceptors (Lipinski definition) is 6. The molecule has 31 heavy (non-hydrogen) atoms. The highest BCUT2D eigenvalue weighted by atomic mass is 32.2. The second kappa shape index (κ2) is 9.04. The van der Waals surface area contributed by atoms with E-state index in [-0.39, 0.29) is 15.9 Å². The van der Waals surface area contributed by atoms with E-state index in [1.54, 1.807) is 23.1 Å². The number of hydrazine groups is 1. The van der Waals surface area contributed by atoms with E-state index in [2.05, 4.69) is 41.4 Å². The molecule has 0 radical (unpaired) electrons. The molecule has 1 fully saturated rings. The lowest BCUT2D eigenvalue weighted by molar-refractivity contribution is -0.122. The van der Waals surface area contributed by atoms with Gasteiger partial charge >= 0.3 is 0 Å². The molecule has 2 amide bonds. The van der Waals surface area contributed by atoms with Crippen molar-refractivity contribution in [2.45, 2.75) is 46.8 Å². The van der Waals surface area contributed by atoms with Crippen molar-refractivity contribution < 1.29 is 9.59 Å². The van der Waals surface area contributed by atoms with Gasteiger partial charge in [-0.25, -0.2) is 0 Å². The van der Waals surface area contributed by atoms with Gasteiger partial charge in [0.05, 0.1) is 13.2 Å². The maximum Gasteiger partial charge on any atom is 0.280 e. The molecule has 0 saturated carbocycles. The summed E-state index contributed by atoms with van der Waals surface area (Å²) in [5.74, 6) is 2.38. The van der Waals surface area contributed by atoms with E-state index in [1.807, 2.05) is 23.5 Å². The highest BCUT2D eigenvalue weighted by Crippen LogP contribution is 2.61. The van der Waals surface area contributed by atoms with Gasteiger partial charge in [0.25, 0.3) is 5.91 Å². The number of rotatable bonds is 4. The molecule has 1 aromatic heterocycles. The van der Waals surface area contributed by atoms with Crippen LogP contribution in [0.1, 0.15) is 51.2 Å². The molecule has 2 heterocycles. The van der Waals surface area contributed by atoms with Crippen molar-refractivity contribution in [2.75, 3.05) is 17.8 Å². The summed E-state index contributed by atoms with van der Waals surface area (Å²) in [5, 5.41) is 0. The van der Waals surface area contributed by atoms with Crippen LogP contribution >= 0.6 is 46.6 Å². The number of fused-ring (bicyclic) bond motifs is 3. The zero-order chi connectivity index (χ0) is 21.4. The van der Waals surface area contributed by atoms with Crippen molar-refractivity contribution in [3.05, 3.63) is 51.4 Å². The van der Waals surface area contributed by atoms with Crippen LogP contribution in [0.25, 0.3) is 0 Å². The van der Waals surface area contributed by atoms with Gasteiger partial charge in [-0.3, -0.25) is 20.4 Å². The monoisotopic (exact) mass is 490 g/mol. The van der Waals surface area contributed by atoms with Gasteiger partial charge < -0.3 is 0 Å². The lowest BCUT2D eigenvalue weighted by atomic mass is 9.92. The third-order valence-electron chi connectivity index (χ3n) is 6.36. The summed E-state index contributed by atoms with van der Waals surface area (Å²) in [4.78, 5) is 26.3. The molecule has 3 aliphatic rings. The van der Waals surface area contributed by atoms with Crippen LogP contribution in [0.5, 0.6) is 0 Å². The smallest absolute Gasteiger partial charge is 0.273 e. The van der Waals surface area contributed by atoms with Gasteiger partial charge in [-0.05, 0) is 61.0 Å². The molecule has 2 N–H and O–H groups in total. The molecule has 2 aliphatic carbocycles. The predicted octanol–water partition coefficient (Wildman–Crippen LogP) is 5.01. The van der Waals surface area contributed by atoms with Gasteiger partial charge in [-0.2, -0.15) is 0 Å². The molecule has 1 aliphatic heterocycles. The normalized spacial score (nSPS) is 19.3. The van der Waals surface area contributed by atoms with Crippen LogP contribution in [-0.4, -0.2) is 29.6 Å². The minimum Gasteiger partial charge on any atom is -0.273 e. The summed E-state index contributed by atoms with van der Waals surface area (Å²) in [6, 6.07) is 8.40. The molecular formula is C23H26N2O2S4. The standard InChI is InChI=1S/C23H26N2O2S4/c1-28-22-19-17(7-4-8-23(19)29-9-10-30-23)20(31-22)21(27)25-24-18(26)13-14-11-15-5-2-3-6-16(15)12-14/h2-3,5-6,14H,4,7-13H2,1H3,(H,24,26)(H,25,27). The minimum absolute atomic E-state index is 0.111. The summed E-state index contributed by atoms with van der Waals surface area (Å²) < 4.78 is 1.39. The first-order valence-corrected chi connectivity index (χ1v) is 14.7. The van der Waals surface area contributed by atoms with E-state index in [0.29, 0.717) is 12.3 Å². The van der Waals surface area contributed by atoms with Gasteiger partial charge in [0, 0.05) is 23.5 Å². The largest absolute Gasteiger partial charge is 0.280 e. The maximum atomic E-state index is 13.0. The lowest BCUT2D eigenvalue weighted by Crippen LogP contribution is -2.42. The van der Waals surface area contributed by atoms with Crippen LogP contribution in [0.15, 0.2) is 28.5 Å². The van der Waals surface area contributed by atoms with Crippen LogP contribution in [0.2, 0.25) is 0 Å². The Morgan fingerprint density at radius 1 is 1.13 bits per heavy atom. The molecule has 0 unspecified atom stereocenters. The average molecular weight is 491 g/mol. The van der Waals surface area contributed by atoms with Gasteiger partial charge in [-0.1, -0.05) is 24.3 Å². The van der Waals surface area contributed by atoms with Crippen LogP contribution < -0.4 is 10.9 Å². The molecule has 1 saturated heterocycles. The molecule has 4 nitrogen and oxygen atoms in total. The van der Waals surface area contributed by atoms with Crippen molar-refractivity contribution in [2.24, 2.45) is 5.92 Å². The van der Waals surface area contributed by atoms with Crippen molar-refractivity contribution in [1.82, 2.24) is 10.9 Å². The van der Waals surface area contributed by atoms with Gasteiger partial charge in [0.2, 0.25) is 5.91 Å². The van der Waals surface area contributed by atoms with E-state index in [1.165, 1.54) is 44.4 Å². The van der Waals surface area contributed by atoms with E-state index in [0.717, 1.165) is 30.6 Å². The Bertz CT molecular complexity index is 988. The van der Waals surface area contributed by atoms with E-state index in [4.69, 9.17) is 0 Å². The van der Waals surface area contributed by atoms with E-state index < -0.39 is 0 Å². The molecule has 0 bridgehead atoms. The van der Waals surface area contributed by atoms with Crippen molar-refractivity contribution in [3.8, 4) is 0 Å².